The first-order chi connectivity index (χ1) is 19.2. The van der Waals surface area contributed by atoms with Crippen LogP contribution in [0.25, 0.3) is 5.57 Å². The molecule has 1 fully saturated rings. The van der Waals surface area contributed by atoms with Crippen LogP contribution < -0.4 is 9.64 Å². The first-order valence-electron chi connectivity index (χ1n) is 13.8. The van der Waals surface area contributed by atoms with Gasteiger partial charge in [0.2, 0.25) is 0 Å². The Kier molecular flexibility index (Phi) is 8.29. The number of ether oxygens (including phenoxy) is 1. The highest BCUT2D eigenvalue weighted by atomic mass is 35.5. The fourth-order valence-electron chi connectivity index (χ4n) is 5.65. The van der Waals surface area contributed by atoms with Gasteiger partial charge in [0.05, 0.1) is 0 Å². The lowest BCUT2D eigenvalue weighted by Gasteiger charge is -2.39. The van der Waals surface area contributed by atoms with Crippen LogP contribution in [-0.4, -0.2) is 55.0 Å². The van der Waals surface area contributed by atoms with Crippen molar-refractivity contribution in [1.29, 1.82) is 0 Å². The van der Waals surface area contributed by atoms with Gasteiger partial charge < -0.3 is 14.7 Å². The lowest BCUT2D eigenvalue weighted by Crippen LogP contribution is -2.47. The molecule has 208 valence electrons. The largest absolute Gasteiger partial charge is 0.478 e. The Morgan fingerprint density at radius 1 is 1.02 bits per heavy atom. The second-order valence-corrected chi connectivity index (χ2v) is 11.9. The average Bonchev–Trinajstić information content (AvgIpc) is 2.94. The minimum atomic E-state index is -1.06. The van der Waals surface area contributed by atoms with Gasteiger partial charge >= 0.3 is 5.97 Å². The van der Waals surface area contributed by atoms with Crippen LogP contribution in [0.15, 0.2) is 72.3 Å². The molecule has 0 radical (unpaired) electrons. The van der Waals surface area contributed by atoms with Crippen LogP contribution in [0.1, 0.15) is 59.4 Å². The first-order valence-corrected chi connectivity index (χ1v) is 14.1. The van der Waals surface area contributed by atoms with E-state index >= 15 is 0 Å². The topological polar surface area (TPSA) is 70.1 Å². The monoisotopic (exact) mass is 558 g/mol. The number of halogens is 1. The van der Waals surface area contributed by atoms with Gasteiger partial charge in [0.15, 0.2) is 0 Å². The Labute approximate surface area is 240 Å². The van der Waals surface area contributed by atoms with Gasteiger partial charge in [-0.2, -0.15) is 0 Å². The fourth-order valence-corrected chi connectivity index (χ4v) is 5.77. The molecular weight excluding hydrogens is 524 g/mol. The van der Waals surface area contributed by atoms with Crippen molar-refractivity contribution in [3.8, 4) is 11.5 Å². The lowest BCUT2D eigenvalue weighted by atomic mass is 9.72. The van der Waals surface area contributed by atoms with Crippen LogP contribution in [0.5, 0.6) is 11.5 Å². The average molecular weight is 559 g/mol. The number of carbonyl (C=O) groups is 2. The first kappa shape index (κ1) is 27.9. The third-order valence-corrected chi connectivity index (χ3v) is 8.20. The smallest absolute Gasteiger partial charge is 0.339 e. The van der Waals surface area contributed by atoms with E-state index in [4.69, 9.17) is 16.3 Å². The number of hydrogen-bond donors (Lipinski definition) is 1. The number of rotatable bonds is 8. The van der Waals surface area contributed by atoms with Crippen molar-refractivity contribution in [2.24, 2.45) is 5.41 Å². The molecule has 0 spiro atoms. The molecule has 5 rings (SSSR count). The Bertz CT molecular complexity index is 1420. The molecule has 40 heavy (non-hydrogen) atoms. The summed E-state index contributed by atoms with van der Waals surface area (Å²) >= 11 is 6.17. The second-order valence-electron chi connectivity index (χ2n) is 11.5. The SMILES string of the molecule is CC1(C)CCC(CN2CCN(c3ccc(C(=O)O)c(Oc4cccc(C=O)c4)c3)CC2)=C(c2ccc(Cl)cc2)C1. The number of aldehydes is 1. The number of hydrogen-bond acceptors (Lipinski definition) is 5. The predicted molar refractivity (Wildman–Crippen MR) is 160 cm³/mol. The fraction of sp³-hybridized carbons (Fsp3) is 0.333. The van der Waals surface area contributed by atoms with Gasteiger partial charge in [0.1, 0.15) is 23.3 Å². The number of nitrogens with zero attached hydrogens (tertiary/aromatic N) is 2. The molecule has 0 unspecified atom stereocenters. The van der Waals surface area contributed by atoms with Crippen LogP contribution in [0.4, 0.5) is 5.69 Å². The van der Waals surface area contributed by atoms with Crippen molar-refractivity contribution in [1.82, 2.24) is 4.90 Å². The molecule has 0 aromatic heterocycles. The van der Waals surface area contributed by atoms with Gasteiger partial charge in [-0.1, -0.05) is 55.3 Å². The maximum absolute atomic E-state index is 11.9. The molecule has 0 atom stereocenters. The highest BCUT2D eigenvalue weighted by Crippen LogP contribution is 2.43. The van der Waals surface area contributed by atoms with Crippen molar-refractivity contribution in [2.45, 2.75) is 33.1 Å². The van der Waals surface area contributed by atoms with Crippen LogP contribution >= 0.6 is 11.6 Å². The molecule has 0 amide bonds. The van der Waals surface area contributed by atoms with E-state index in [0.717, 1.165) is 62.6 Å². The summed E-state index contributed by atoms with van der Waals surface area (Å²) in [6.45, 7) is 9.17. The van der Waals surface area contributed by atoms with Crippen LogP contribution in [0.3, 0.4) is 0 Å². The summed E-state index contributed by atoms with van der Waals surface area (Å²) in [7, 11) is 0. The van der Waals surface area contributed by atoms with Gasteiger partial charge in [-0.25, -0.2) is 4.79 Å². The van der Waals surface area contributed by atoms with Gasteiger partial charge in [0.25, 0.3) is 0 Å². The molecule has 1 aliphatic carbocycles. The molecule has 0 bridgehead atoms. The summed E-state index contributed by atoms with van der Waals surface area (Å²) in [5, 5.41) is 10.5. The Hall–Kier alpha value is -3.61. The molecule has 2 aliphatic rings. The number of benzene rings is 3. The zero-order chi connectivity index (χ0) is 28.3. The number of carboxylic acid groups (broad SMARTS) is 1. The van der Waals surface area contributed by atoms with E-state index in [0.29, 0.717) is 11.3 Å². The van der Waals surface area contributed by atoms with E-state index in [1.54, 1.807) is 36.4 Å². The molecular formula is C33H35ClN2O4. The summed E-state index contributed by atoms with van der Waals surface area (Å²) in [6.07, 6.45) is 4.10. The van der Waals surface area contributed by atoms with Gasteiger partial charge in [0, 0.05) is 55.1 Å². The van der Waals surface area contributed by atoms with Crippen LogP contribution in [0.2, 0.25) is 5.02 Å². The predicted octanol–water partition coefficient (Wildman–Crippen LogP) is 7.43. The Morgan fingerprint density at radius 3 is 2.48 bits per heavy atom. The summed E-state index contributed by atoms with van der Waals surface area (Å²) in [6, 6.07) is 20.2. The quantitative estimate of drug-likeness (QED) is 0.290. The number of carbonyl (C=O) groups excluding carboxylic acids is 1. The Balaban J connectivity index is 1.30. The van der Waals surface area contributed by atoms with E-state index in [1.807, 2.05) is 18.2 Å². The van der Waals surface area contributed by atoms with Crippen LogP contribution in [-0.2, 0) is 0 Å². The Morgan fingerprint density at radius 2 is 1.77 bits per heavy atom. The second kappa shape index (κ2) is 11.9. The molecule has 6 nitrogen and oxygen atoms in total. The van der Waals surface area contributed by atoms with Crippen molar-refractivity contribution < 1.29 is 19.4 Å². The summed E-state index contributed by atoms with van der Waals surface area (Å²) < 4.78 is 5.95. The maximum Gasteiger partial charge on any atom is 0.339 e. The maximum atomic E-state index is 11.9. The van der Waals surface area contributed by atoms with Gasteiger partial charge in [-0.15, -0.1) is 0 Å². The molecule has 1 saturated heterocycles. The lowest BCUT2D eigenvalue weighted by molar-refractivity contribution is 0.0694. The third-order valence-electron chi connectivity index (χ3n) is 7.95. The third kappa shape index (κ3) is 6.57. The van der Waals surface area contributed by atoms with E-state index in [-0.39, 0.29) is 16.7 Å². The summed E-state index contributed by atoms with van der Waals surface area (Å²) in [4.78, 5) is 27.8. The zero-order valence-electron chi connectivity index (χ0n) is 23.0. The van der Waals surface area contributed by atoms with Crippen LogP contribution in [0, 0.1) is 5.41 Å². The molecule has 3 aromatic carbocycles. The molecule has 3 aromatic rings. The summed E-state index contributed by atoms with van der Waals surface area (Å²) in [5.74, 6) is -0.370. The van der Waals surface area contributed by atoms with Crippen molar-refractivity contribution in [2.75, 3.05) is 37.6 Å². The standard InChI is InChI=1S/C33H35ClN2O4/c1-33(2)13-12-25(30(20-33)24-6-8-26(34)9-7-24)21-35-14-16-36(17-15-35)27-10-11-29(32(38)39)31(19-27)40-28-5-3-4-23(18-28)22-37/h3-11,18-19,22H,12-17,20-21H2,1-2H3,(H,38,39). The number of allylic oxidation sites excluding steroid dienone is 1. The van der Waals surface area contributed by atoms with Crippen molar-refractivity contribution >= 4 is 35.1 Å². The molecule has 0 saturated carbocycles. The number of aromatic carboxylic acids is 1. The highest BCUT2D eigenvalue weighted by molar-refractivity contribution is 6.30. The number of piperazine rings is 1. The number of anilines is 1. The van der Waals surface area contributed by atoms with Gasteiger partial charge in [-0.3, -0.25) is 9.69 Å². The van der Waals surface area contributed by atoms with Gasteiger partial charge in [-0.05, 0) is 72.2 Å². The zero-order valence-corrected chi connectivity index (χ0v) is 23.8. The molecule has 1 N–H and O–H groups in total. The van der Waals surface area contributed by atoms with Crippen molar-refractivity contribution in [3.05, 3.63) is 94.0 Å². The molecule has 7 heteroatoms. The van der Waals surface area contributed by atoms with E-state index in [9.17, 15) is 14.7 Å². The molecule has 1 heterocycles. The minimum Gasteiger partial charge on any atom is -0.478 e. The number of carboxylic acids is 1. The van der Waals surface area contributed by atoms with E-state index < -0.39 is 5.97 Å². The van der Waals surface area contributed by atoms with Crippen molar-refractivity contribution in [3.63, 3.8) is 0 Å². The highest BCUT2D eigenvalue weighted by Gasteiger charge is 2.29. The van der Waals surface area contributed by atoms with E-state index in [2.05, 4.69) is 35.8 Å². The van der Waals surface area contributed by atoms with E-state index in [1.165, 1.54) is 23.1 Å². The minimum absolute atomic E-state index is 0.0841. The normalized spacial score (nSPS) is 17.5. The molecule has 1 aliphatic heterocycles. The summed E-state index contributed by atoms with van der Waals surface area (Å²) in [5.41, 5.74) is 6.02.